The molecule has 21 heavy (non-hydrogen) atoms. The summed E-state index contributed by atoms with van der Waals surface area (Å²) in [5.74, 6) is 0.227. The highest BCUT2D eigenvalue weighted by atomic mass is 16.2. The molecule has 0 N–H and O–H groups in total. The third-order valence-corrected chi connectivity index (χ3v) is 3.81. The Morgan fingerprint density at radius 1 is 1.38 bits per heavy atom. The summed E-state index contributed by atoms with van der Waals surface area (Å²) >= 11 is 0. The van der Waals surface area contributed by atoms with E-state index in [1.165, 1.54) is 5.69 Å². The molecule has 2 aromatic heterocycles. The van der Waals surface area contributed by atoms with Crippen molar-refractivity contribution in [2.75, 3.05) is 6.54 Å². The first kappa shape index (κ1) is 14.0. The minimum Gasteiger partial charge on any atom is -0.338 e. The lowest BCUT2D eigenvalue weighted by atomic mass is 9.91. The SMILES string of the molecule is Cc1cc2ncc3c(n2n1)CCN(C(=O)CC(C)(C)C)C3. The van der Waals surface area contributed by atoms with Gasteiger partial charge in [0.2, 0.25) is 5.91 Å². The molecule has 0 radical (unpaired) electrons. The van der Waals surface area contributed by atoms with Crippen LogP contribution >= 0.6 is 0 Å². The molecule has 1 aliphatic rings. The van der Waals surface area contributed by atoms with Gasteiger partial charge in [0.05, 0.1) is 11.4 Å². The summed E-state index contributed by atoms with van der Waals surface area (Å²) < 4.78 is 1.93. The highest BCUT2D eigenvalue weighted by Gasteiger charge is 2.26. The lowest BCUT2D eigenvalue weighted by Crippen LogP contribution is -2.38. The molecule has 0 saturated carbocycles. The minimum atomic E-state index is 0.0264. The maximum absolute atomic E-state index is 12.4. The maximum Gasteiger partial charge on any atom is 0.223 e. The van der Waals surface area contributed by atoms with Crippen LogP contribution < -0.4 is 0 Å². The Morgan fingerprint density at radius 2 is 2.14 bits per heavy atom. The van der Waals surface area contributed by atoms with Crippen molar-refractivity contribution in [3.8, 4) is 0 Å². The number of carbonyl (C=O) groups excluding carboxylic acids is 1. The van der Waals surface area contributed by atoms with Crippen LogP contribution in [0.25, 0.3) is 5.65 Å². The number of hydrogen-bond acceptors (Lipinski definition) is 3. The monoisotopic (exact) mass is 286 g/mol. The molecule has 3 rings (SSSR count). The van der Waals surface area contributed by atoms with Crippen LogP contribution in [0.3, 0.4) is 0 Å². The Balaban J connectivity index is 1.86. The van der Waals surface area contributed by atoms with Crippen LogP contribution in [0.5, 0.6) is 0 Å². The quantitative estimate of drug-likeness (QED) is 0.808. The molecule has 0 aliphatic carbocycles. The number of carbonyl (C=O) groups is 1. The van der Waals surface area contributed by atoms with Crippen LogP contribution in [0.1, 0.15) is 44.1 Å². The van der Waals surface area contributed by atoms with Gasteiger partial charge in [-0.05, 0) is 12.3 Å². The Kier molecular flexibility index (Phi) is 3.23. The van der Waals surface area contributed by atoms with Crippen molar-refractivity contribution in [1.29, 1.82) is 0 Å². The summed E-state index contributed by atoms with van der Waals surface area (Å²) in [6.07, 6.45) is 3.31. The Bertz CT molecular complexity index is 696. The first-order valence-corrected chi connectivity index (χ1v) is 7.44. The zero-order chi connectivity index (χ0) is 15.2. The van der Waals surface area contributed by atoms with Crippen molar-refractivity contribution in [3.05, 3.63) is 29.2 Å². The van der Waals surface area contributed by atoms with E-state index in [0.29, 0.717) is 13.0 Å². The molecule has 112 valence electrons. The van der Waals surface area contributed by atoms with Gasteiger partial charge in [0, 0.05) is 43.8 Å². The van der Waals surface area contributed by atoms with E-state index >= 15 is 0 Å². The van der Waals surface area contributed by atoms with E-state index in [2.05, 4.69) is 30.9 Å². The number of aryl methyl sites for hydroxylation is 1. The summed E-state index contributed by atoms with van der Waals surface area (Å²) in [7, 11) is 0. The second-order valence-electron chi connectivity index (χ2n) is 7.09. The first-order chi connectivity index (χ1) is 9.83. The molecule has 1 aliphatic heterocycles. The average Bonchev–Trinajstić information content (AvgIpc) is 2.76. The largest absolute Gasteiger partial charge is 0.338 e. The van der Waals surface area contributed by atoms with E-state index in [0.717, 1.165) is 29.9 Å². The third kappa shape index (κ3) is 2.77. The summed E-state index contributed by atoms with van der Waals surface area (Å²) in [6, 6.07) is 1.98. The lowest BCUT2D eigenvalue weighted by Gasteiger charge is -2.31. The van der Waals surface area contributed by atoms with Gasteiger partial charge in [-0.2, -0.15) is 5.10 Å². The molecule has 5 nitrogen and oxygen atoms in total. The highest BCUT2D eigenvalue weighted by Crippen LogP contribution is 2.24. The second kappa shape index (κ2) is 4.83. The van der Waals surface area contributed by atoms with E-state index in [4.69, 9.17) is 0 Å². The minimum absolute atomic E-state index is 0.0264. The zero-order valence-corrected chi connectivity index (χ0v) is 13.2. The zero-order valence-electron chi connectivity index (χ0n) is 13.2. The topological polar surface area (TPSA) is 50.5 Å². The van der Waals surface area contributed by atoms with E-state index in [9.17, 15) is 4.79 Å². The summed E-state index contributed by atoms with van der Waals surface area (Å²) in [5.41, 5.74) is 4.19. The number of nitrogens with zero attached hydrogens (tertiary/aromatic N) is 4. The number of fused-ring (bicyclic) bond motifs is 3. The molecule has 0 fully saturated rings. The summed E-state index contributed by atoms with van der Waals surface area (Å²) in [5, 5.41) is 4.51. The molecule has 0 aromatic carbocycles. The smallest absolute Gasteiger partial charge is 0.223 e. The van der Waals surface area contributed by atoms with Gasteiger partial charge >= 0.3 is 0 Å². The van der Waals surface area contributed by atoms with Gasteiger partial charge in [-0.15, -0.1) is 0 Å². The Morgan fingerprint density at radius 3 is 2.86 bits per heavy atom. The second-order valence-corrected chi connectivity index (χ2v) is 7.09. The molecule has 0 spiro atoms. The van der Waals surface area contributed by atoms with Gasteiger partial charge in [0.1, 0.15) is 0 Å². The summed E-state index contributed by atoms with van der Waals surface area (Å²) in [6.45, 7) is 9.68. The predicted molar refractivity (Wildman–Crippen MR) is 80.9 cm³/mol. The molecule has 0 bridgehead atoms. The number of hydrogen-bond donors (Lipinski definition) is 0. The van der Waals surface area contributed by atoms with Crippen LogP contribution in [0.15, 0.2) is 12.3 Å². The standard InChI is InChI=1S/C16H22N4O/c1-11-7-14-17-9-12-10-19(15(21)8-16(2,3)4)6-5-13(12)20(14)18-11/h7,9H,5-6,8,10H2,1-4H3. The van der Waals surface area contributed by atoms with Gasteiger partial charge in [-0.3, -0.25) is 4.79 Å². The van der Waals surface area contributed by atoms with Crippen molar-refractivity contribution in [2.45, 2.75) is 47.1 Å². The summed E-state index contributed by atoms with van der Waals surface area (Å²) in [4.78, 5) is 18.8. The molecule has 0 unspecified atom stereocenters. The van der Waals surface area contributed by atoms with Gasteiger partial charge in [-0.1, -0.05) is 20.8 Å². The van der Waals surface area contributed by atoms with E-state index in [1.807, 2.05) is 28.6 Å². The van der Waals surface area contributed by atoms with Gasteiger partial charge < -0.3 is 4.90 Å². The molecular weight excluding hydrogens is 264 g/mol. The lowest BCUT2D eigenvalue weighted by molar-refractivity contribution is -0.134. The predicted octanol–water partition coefficient (Wildman–Crippen LogP) is 2.36. The fourth-order valence-corrected chi connectivity index (χ4v) is 2.83. The van der Waals surface area contributed by atoms with Crippen molar-refractivity contribution in [3.63, 3.8) is 0 Å². The molecule has 0 saturated heterocycles. The van der Waals surface area contributed by atoms with E-state index < -0.39 is 0 Å². The number of rotatable bonds is 1. The van der Waals surface area contributed by atoms with Crippen LogP contribution in [-0.4, -0.2) is 31.9 Å². The van der Waals surface area contributed by atoms with E-state index in [1.54, 1.807) is 0 Å². The fourth-order valence-electron chi connectivity index (χ4n) is 2.83. The van der Waals surface area contributed by atoms with Crippen molar-refractivity contribution < 1.29 is 4.79 Å². The Hall–Kier alpha value is -1.91. The van der Waals surface area contributed by atoms with Crippen LogP contribution in [0, 0.1) is 12.3 Å². The first-order valence-electron chi connectivity index (χ1n) is 7.44. The van der Waals surface area contributed by atoms with Crippen molar-refractivity contribution >= 4 is 11.6 Å². The molecule has 0 atom stereocenters. The Labute approximate surface area is 125 Å². The molecule has 1 amide bonds. The number of amides is 1. The van der Waals surface area contributed by atoms with Crippen LogP contribution in [0.4, 0.5) is 0 Å². The molecule has 2 aromatic rings. The average molecular weight is 286 g/mol. The highest BCUT2D eigenvalue weighted by molar-refractivity contribution is 5.77. The van der Waals surface area contributed by atoms with Crippen molar-refractivity contribution in [2.24, 2.45) is 5.41 Å². The van der Waals surface area contributed by atoms with Gasteiger partial charge in [0.25, 0.3) is 0 Å². The fraction of sp³-hybridized carbons (Fsp3) is 0.562. The molecular formula is C16H22N4O. The number of aromatic nitrogens is 3. The van der Waals surface area contributed by atoms with Crippen LogP contribution in [-0.2, 0) is 17.8 Å². The van der Waals surface area contributed by atoms with Crippen molar-refractivity contribution in [1.82, 2.24) is 19.5 Å². The van der Waals surface area contributed by atoms with Gasteiger partial charge in [-0.25, -0.2) is 9.50 Å². The maximum atomic E-state index is 12.4. The normalized spacial score (nSPS) is 15.3. The van der Waals surface area contributed by atoms with Gasteiger partial charge in [0.15, 0.2) is 5.65 Å². The molecule has 5 heteroatoms. The van der Waals surface area contributed by atoms with E-state index in [-0.39, 0.29) is 11.3 Å². The van der Waals surface area contributed by atoms with Crippen LogP contribution in [0.2, 0.25) is 0 Å². The molecule has 3 heterocycles. The third-order valence-electron chi connectivity index (χ3n) is 3.81.